The van der Waals surface area contributed by atoms with Crippen LogP contribution in [-0.4, -0.2) is 11.4 Å². The van der Waals surface area contributed by atoms with E-state index < -0.39 is 0 Å². The molecule has 0 radical (unpaired) electrons. The largest absolute Gasteiger partial charge is 0.295 e. The molecule has 0 aromatic heterocycles. The van der Waals surface area contributed by atoms with Crippen molar-refractivity contribution in [2.45, 2.75) is 20.0 Å². The minimum Gasteiger partial charge on any atom is -0.295 e. The fraction of sp³-hybridized carbons (Fsp3) is 0.250. The van der Waals surface area contributed by atoms with E-state index >= 15 is 0 Å². The summed E-state index contributed by atoms with van der Waals surface area (Å²) in [6.45, 7) is 4.77. The van der Waals surface area contributed by atoms with Crippen molar-refractivity contribution >= 4 is 23.2 Å². The number of rotatable bonds is 5. The van der Waals surface area contributed by atoms with Gasteiger partial charge in [-0.1, -0.05) is 66.5 Å². The normalized spacial score (nSPS) is 10.9. The van der Waals surface area contributed by atoms with Crippen molar-refractivity contribution in [3.63, 3.8) is 0 Å². The van der Waals surface area contributed by atoms with Gasteiger partial charge in [0.05, 0.1) is 0 Å². The lowest BCUT2D eigenvalue weighted by molar-refractivity contribution is 0.271. The lowest BCUT2D eigenvalue weighted by Gasteiger charge is -2.21. The van der Waals surface area contributed by atoms with Crippen molar-refractivity contribution in [2.75, 3.05) is 6.54 Å². The predicted molar refractivity (Wildman–Crippen MR) is 82.7 cm³/mol. The molecule has 2 aromatic rings. The van der Waals surface area contributed by atoms with Crippen molar-refractivity contribution in [1.82, 2.24) is 4.90 Å². The van der Waals surface area contributed by atoms with Gasteiger partial charge in [0, 0.05) is 23.1 Å². The summed E-state index contributed by atoms with van der Waals surface area (Å²) in [7, 11) is 0. The second-order valence-corrected chi connectivity index (χ2v) is 5.30. The van der Waals surface area contributed by atoms with Gasteiger partial charge >= 0.3 is 0 Å². The van der Waals surface area contributed by atoms with E-state index in [9.17, 15) is 0 Å². The van der Waals surface area contributed by atoms with Crippen LogP contribution >= 0.6 is 23.2 Å². The van der Waals surface area contributed by atoms with E-state index in [0.29, 0.717) is 0 Å². The molecule has 1 nitrogen and oxygen atoms in total. The molecule has 19 heavy (non-hydrogen) atoms. The summed E-state index contributed by atoms with van der Waals surface area (Å²) < 4.78 is 0. The summed E-state index contributed by atoms with van der Waals surface area (Å²) in [6, 6.07) is 15.9. The van der Waals surface area contributed by atoms with E-state index in [1.807, 2.05) is 36.4 Å². The SMILES string of the molecule is CCN(Cc1ccccc1Cl)Cc1ccccc1Cl. The molecule has 0 fully saturated rings. The van der Waals surface area contributed by atoms with Gasteiger partial charge in [0.25, 0.3) is 0 Å². The van der Waals surface area contributed by atoms with Gasteiger partial charge in [-0.15, -0.1) is 0 Å². The highest BCUT2D eigenvalue weighted by molar-refractivity contribution is 6.31. The quantitative estimate of drug-likeness (QED) is 0.748. The maximum atomic E-state index is 6.21. The summed E-state index contributed by atoms with van der Waals surface area (Å²) in [5.74, 6) is 0. The minimum atomic E-state index is 0.820. The molecule has 0 N–H and O–H groups in total. The molecule has 0 saturated heterocycles. The standard InChI is InChI=1S/C16H17Cl2N/c1-2-19(11-13-7-3-5-9-15(13)17)12-14-8-4-6-10-16(14)18/h3-10H,2,11-12H2,1H3. The Morgan fingerprint density at radius 1 is 0.789 bits per heavy atom. The molecular formula is C16H17Cl2N. The fourth-order valence-corrected chi connectivity index (χ4v) is 2.41. The third-order valence-electron chi connectivity index (χ3n) is 3.15. The molecule has 0 aliphatic carbocycles. The Bertz CT molecular complexity index is 492. The molecular weight excluding hydrogens is 277 g/mol. The highest BCUT2D eigenvalue weighted by atomic mass is 35.5. The molecule has 3 heteroatoms. The fourth-order valence-electron chi connectivity index (χ4n) is 2.01. The van der Waals surface area contributed by atoms with Gasteiger partial charge in [-0.3, -0.25) is 4.90 Å². The van der Waals surface area contributed by atoms with E-state index in [1.54, 1.807) is 0 Å². The maximum Gasteiger partial charge on any atom is 0.0451 e. The van der Waals surface area contributed by atoms with E-state index in [1.165, 1.54) is 0 Å². The number of hydrogen-bond acceptors (Lipinski definition) is 1. The molecule has 0 bridgehead atoms. The van der Waals surface area contributed by atoms with Crippen LogP contribution in [0, 0.1) is 0 Å². The topological polar surface area (TPSA) is 3.24 Å². The Hall–Kier alpha value is -1.02. The van der Waals surface area contributed by atoms with Gasteiger partial charge < -0.3 is 0 Å². The van der Waals surface area contributed by atoms with Crippen LogP contribution in [0.25, 0.3) is 0 Å². The van der Waals surface area contributed by atoms with Gasteiger partial charge in [-0.05, 0) is 29.8 Å². The first-order valence-corrected chi connectivity index (χ1v) is 7.15. The minimum absolute atomic E-state index is 0.820. The zero-order valence-electron chi connectivity index (χ0n) is 10.9. The molecule has 0 aliphatic rings. The molecule has 0 spiro atoms. The summed E-state index contributed by atoms with van der Waals surface area (Å²) in [5, 5.41) is 1.64. The van der Waals surface area contributed by atoms with Crippen LogP contribution in [0.2, 0.25) is 10.0 Å². The van der Waals surface area contributed by atoms with Crippen LogP contribution in [0.5, 0.6) is 0 Å². The van der Waals surface area contributed by atoms with Crippen LogP contribution in [0.3, 0.4) is 0 Å². The Labute approximate surface area is 124 Å². The Morgan fingerprint density at radius 2 is 1.21 bits per heavy atom. The second-order valence-electron chi connectivity index (χ2n) is 4.49. The number of halogens is 2. The molecule has 2 rings (SSSR count). The molecule has 2 aromatic carbocycles. The van der Waals surface area contributed by atoms with Gasteiger partial charge in [0.1, 0.15) is 0 Å². The first kappa shape index (κ1) is 14.4. The molecule has 0 saturated carbocycles. The van der Waals surface area contributed by atoms with Gasteiger partial charge in [0.2, 0.25) is 0 Å². The van der Waals surface area contributed by atoms with Crippen LogP contribution < -0.4 is 0 Å². The number of nitrogens with zero attached hydrogens (tertiary/aromatic N) is 1. The van der Waals surface area contributed by atoms with Crippen LogP contribution in [0.4, 0.5) is 0 Å². The van der Waals surface area contributed by atoms with E-state index in [0.717, 1.165) is 40.8 Å². The van der Waals surface area contributed by atoms with Crippen LogP contribution in [0.15, 0.2) is 48.5 Å². The smallest absolute Gasteiger partial charge is 0.0451 e. The molecule has 0 atom stereocenters. The van der Waals surface area contributed by atoms with Crippen molar-refractivity contribution < 1.29 is 0 Å². The Balaban J connectivity index is 2.09. The van der Waals surface area contributed by atoms with Gasteiger partial charge in [-0.2, -0.15) is 0 Å². The molecule has 0 aliphatic heterocycles. The lowest BCUT2D eigenvalue weighted by atomic mass is 10.1. The molecule has 0 heterocycles. The monoisotopic (exact) mass is 293 g/mol. The third-order valence-corrected chi connectivity index (χ3v) is 3.89. The maximum absolute atomic E-state index is 6.21. The zero-order valence-corrected chi connectivity index (χ0v) is 12.5. The molecule has 0 unspecified atom stereocenters. The van der Waals surface area contributed by atoms with Gasteiger partial charge in [-0.25, -0.2) is 0 Å². The summed E-state index contributed by atoms with van der Waals surface area (Å²) in [4.78, 5) is 2.32. The zero-order chi connectivity index (χ0) is 13.7. The van der Waals surface area contributed by atoms with E-state index in [4.69, 9.17) is 23.2 Å². The summed E-state index contributed by atoms with van der Waals surface area (Å²) in [6.07, 6.45) is 0. The Morgan fingerprint density at radius 3 is 1.58 bits per heavy atom. The molecule has 0 amide bonds. The Kier molecular flexibility index (Phi) is 5.26. The highest BCUT2D eigenvalue weighted by Gasteiger charge is 2.09. The summed E-state index contributed by atoms with van der Waals surface area (Å²) in [5.41, 5.74) is 2.30. The second kappa shape index (κ2) is 6.95. The van der Waals surface area contributed by atoms with E-state index in [2.05, 4.69) is 24.0 Å². The number of hydrogen-bond donors (Lipinski definition) is 0. The van der Waals surface area contributed by atoms with Crippen molar-refractivity contribution in [1.29, 1.82) is 0 Å². The van der Waals surface area contributed by atoms with Gasteiger partial charge in [0.15, 0.2) is 0 Å². The number of benzene rings is 2. The van der Waals surface area contributed by atoms with Crippen molar-refractivity contribution in [3.05, 3.63) is 69.7 Å². The third kappa shape index (κ3) is 3.97. The first-order chi connectivity index (χ1) is 9.20. The lowest BCUT2D eigenvalue weighted by Crippen LogP contribution is -2.22. The average Bonchev–Trinajstić information content (AvgIpc) is 2.42. The summed E-state index contributed by atoms with van der Waals surface area (Å²) >= 11 is 12.4. The first-order valence-electron chi connectivity index (χ1n) is 6.40. The van der Waals surface area contributed by atoms with E-state index in [-0.39, 0.29) is 0 Å². The predicted octanol–water partition coefficient (Wildman–Crippen LogP) is 5.02. The average molecular weight is 294 g/mol. The van der Waals surface area contributed by atoms with Crippen LogP contribution in [-0.2, 0) is 13.1 Å². The van der Waals surface area contributed by atoms with Crippen LogP contribution in [0.1, 0.15) is 18.1 Å². The van der Waals surface area contributed by atoms with Crippen molar-refractivity contribution in [3.8, 4) is 0 Å². The molecule has 100 valence electrons. The van der Waals surface area contributed by atoms with Crippen molar-refractivity contribution in [2.24, 2.45) is 0 Å². The highest BCUT2D eigenvalue weighted by Crippen LogP contribution is 2.21.